The van der Waals surface area contributed by atoms with Gasteiger partial charge in [0, 0.05) is 12.5 Å². The maximum absolute atomic E-state index is 12.7. The van der Waals surface area contributed by atoms with E-state index in [0.717, 1.165) is 38.5 Å². The van der Waals surface area contributed by atoms with Crippen LogP contribution in [0.5, 0.6) is 0 Å². The highest BCUT2D eigenvalue weighted by atomic mass is 16.6. The largest absolute Gasteiger partial charge is 0.459 e. The average molecular weight is 392 g/mol. The summed E-state index contributed by atoms with van der Waals surface area (Å²) in [6.45, 7) is 11.6. The molecule has 0 aliphatic carbocycles. The smallest absolute Gasteiger partial charge is 0.334 e. The van der Waals surface area contributed by atoms with E-state index in [0.29, 0.717) is 12.0 Å². The molecule has 0 saturated carbocycles. The first-order valence-corrected chi connectivity index (χ1v) is 10.5. The van der Waals surface area contributed by atoms with Crippen LogP contribution in [0.15, 0.2) is 12.2 Å². The van der Waals surface area contributed by atoms with Gasteiger partial charge in [-0.1, -0.05) is 6.58 Å². The number of hydrogen-bond acceptors (Lipinski definition) is 6. The normalized spacial score (nSPS) is 48.4. The second-order valence-electron chi connectivity index (χ2n) is 9.71. The number of carbonyl (C=O) groups excluding carboxylic acids is 2. The summed E-state index contributed by atoms with van der Waals surface area (Å²) in [4.78, 5) is 24.5. The van der Waals surface area contributed by atoms with Crippen LogP contribution in [0.3, 0.4) is 0 Å². The van der Waals surface area contributed by atoms with Crippen LogP contribution in [0.1, 0.15) is 72.6 Å². The van der Waals surface area contributed by atoms with Gasteiger partial charge in [0.25, 0.3) is 0 Å². The molecule has 28 heavy (non-hydrogen) atoms. The summed E-state index contributed by atoms with van der Waals surface area (Å²) in [5.41, 5.74) is -0.990. The van der Waals surface area contributed by atoms with Crippen molar-refractivity contribution in [1.82, 2.24) is 0 Å². The standard InChI is InChI=1S/C22H32O6/c1-13-15-6-9-21(4,28-19(13)24)17-8-11-20(3,26-17)16(25-14(2)23)7-10-22(5)18(12-15)27-22/h15-18H,1,6-12H2,2-5H3/t15-,16-,17+,18+,20-,21-,22+/m1/s1. The fourth-order valence-corrected chi connectivity index (χ4v) is 5.32. The zero-order chi connectivity index (χ0) is 20.3. The molecule has 4 aliphatic rings. The Labute approximate surface area is 166 Å². The van der Waals surface area contributed by atoms with E-state index in [1.165, 1.54) is 6.92 Å². The van der Waals surface area contributed by atoms with Gasteiger partial charge in [0.15, 0.2) is 0 Å². The van der Waals surface area contributed by atoms with Crippen molar-refractivity contribution < 1.29 is 28.5 Å². The van der Waals surface area contributed by atoms with Gasteiger partial charge in [0.1, 0.15) is 17.3 Å². The van der Waals surface area contributed by atoms with Crippen molar-refractivity contribution in [3.05, 3.63) is 12.2 Å². The van der Waals surface area contributed by atoms with Gasteiger partial charge in [-0.2, -0.15) is 0 Å². The lowest BCUT2D eigenvalue weighted by molar-refractivity contribution is -0.195. The van der Waals surface area contributed by atoms with Gasteiger partial charge in [0.05, 0.1) is 17.8 Å². The Morgan fingerprint density at radius 3 is 2.36 bits per heavy atom. The molecule has 7 atom stereocenters. The number of ether oxygens (including phenoxy) is 4. The first-order valence-electron chi connectivity index (χ1n) is 10.5. The van der Waals surface area contributed by atoms with E-state index in [9.17, 15) is 9.59 Å². The van der Waals surface area contributed by atoms with E-state index >= 15 is 0 Å². The number of fused-ring (bicyclic) bond motifs is 7. The Balaban J connectivity index is 1.67. The molecule has 0 aromatic carbocycles. The molecule has 0 aromatic rings. The van der Waals surface area contributed by atoms with E-state index in [1.54, 1.807) is 0 Å². The first kappa shape index (κ1) is 19.9. The summed E-state index contributed by atoms with van der Waals surface area (Å²) in [7, 11) is 0. The maximum Gasteiger partial charge on any atom is 0.334 e. The van der Waals surface area contributed by atoms with Crippen LogP contribution < -0.4 is 0 Å². The molecule has 0 unspecified atom stereocenters. The fraction of sp³-hybridized carbons (Fsp3) is 0.818. The number of esters is 2. The highest BCUT2D eigenvalue weighted by Gasteiger charge is 2.57. The van der Waals surface area contributed by atoms with Crippen LogP contribution in [0, 0.1) is 5.92 Å². The van der Waals surface area contributed by atoms with Crippen molar-refractivity contribution in [3.8, 4) is 0 Å². The minimum absolute atomic E-state index is 0.0685. The van der Waals surface area contributed by atoms with Crippen LogP contribution >= 0.6 is 0 Å². The molecule has 0 aromatic heterocycles. The maximum atomic E-state index is 12.7. The van der Waals surface area contributed by atoms with Crippen molar-refractivity contribution in [2.45, 2.75) is 108 Å². The van der Waals surface area contributed by atoms with Crippen LogP contribution in [-0.4, -0.2) is 47.1 Å². The number of epoxide rings is 1. The molecule has 6 heteroatoms. The summed E-state index contributed by atoms with van der Waals surface area (Å²) >= 11 is 0. The fourth-order valence-electron chi connectivity index (χ4n) is 5.32. The Morgan fingerprint density at radius 2 is 1.64 bits per heavy atom. The van der Waals surface area contributed by atoms with Gasteiger partial charge in [-0.05, 0) is 71.6 Å². The van der Waals surface area contributed by atoms with Gasteiger partial charge in [-0.25, -0.2) is 4.79 Å². The Hall–Kier alpha value is -1.40. The topological polar surface area (TPSA) is 74.4 Å². The first-order chi connectivity index (χ1) is 13.0. The Morgan fingerprint density at radius 1 is 1.00 bits per heavy atom. The van der Waals surface area contributed by atoms with Gasteiger partial charge >= 0.3 is 11.9 Å². The molecule has 0 radical (unpaired) electrons. The summed E-state index contributed by atoms with van der Waals surface area (Å²) < 4.78 is 24.2. The van der Waals surface area contributed by atoms with E-state index in [2.05, 4.69) is 13.5 Å². The summed E-state index contributed by atoms with van der Waals surface area (Å²) in [5.74, 6) is -0.551. The molecule has 4 aliphatic heterocycles. The Kier molecular flexibility index (Phi) is 4.66. The van der Waals surface area contributed by atoms with E-state index < -0.39 is 11.2 Å². The quantitative estimate of drug-likeness (QED) is 0.386. The molecular weight excluding hydrogens is 360 g/mol. The molecule has 4 bridgehead atoms. The van der Waals surface area contributed by atoms with Crippen LogP contribution in [0.4, 0.5) is 0 Å². The molecule has 6 nitrogen and oxygen atoms in total. The Bertz CT molecular complexity index is 703. The van der Waals surface area contributed by atoms with Crippen LogP contribution in [0.2, 0.25) is 0 Å². The third-order valence-electron chi connectivity index (χ3n) is 7.49. The average Bonchev–Trinajstić information content (AvgIpc) is 3.09. The van der Waals surface area contributed by atoms with Crippen molar-refractivity contribution in [3.63, 3.8) is 0 Å². The molecule has 0 N–H and O–H groups in total. The molecule has 4 saturated heterocycles. The molecule has 0 spiro atoms. The van der Waals surface area contributed by atoms with Crippen molar-refractivity contribution in [2.75, 3.05) is 0 Å². The SMILES string of the molecule is C=C1C(=O)O[C@]2(C)CC[C@@H]1C[C@@H]1O[C@@]1(C)CC[C@@H](OC(C)=O)[C@@]1(C)CC[C@@H]2O1. The highest BCUT2D eigenvalue weighted by Crippen LogP contribution is 2.50. The number of hydrogen-bond donors (Lipinski definition) is 0. The third kappa shape index (κ3) is 3.39. The van der Waals surface area contributed by atoms with Gasteiger partial charge < -0.3 is 18.9 Å². The molecule has 4 rings (SSSR count). The lowest BCUT2D eigenvalue weighted by atomic mass is 9.82. The highest BCUT2D eigenvalue weighted by molar-refractivity contribution is 5.89. The molecular formula is C22H32O6. The number of rotatable bonds is 1. The molecule has 4 fully saturated rings. The lowest BCUT2D eigenvalue weighted by Gasteiger charge is -2.38. The predicted octanol–water partition coefficient (Wildman–Crippen LogP) is 3.47. The van der Waals surface area contributed by atoms with E-state index in [1.807, 2.05) is 13.8 Å². The second-order valence-corrected chi connectivity index (χ2v) is 9.71. The molecule has 156 valence electrons. The summed E-state index contributed by atoms with van der Waals surface area (Å²) in [6.07, 6.45) is 4.89. The molecule has 0 amide bonds. The lowest BCUT2D eigenvalue weighted by Crippen LogP contribution is -2.48. The zero-order valence-electron chi connectivity index (χ0n) is 17.4. The van der Waals surface area contributed by atoms with Gasteiger partial charge in [-0.3, -0.25) is 4.79 Å². The van der Waals surface area contributed by atoms with Crippen molar-refractivity contribution >= 4 is 11.9 Å². The third-order valence-corrected chi connectivity index (χ3v) is 7.49. The predicted molar refractivity (Wildman–Crippen MR) is 102 cm³/mol. The van der Waals surface area contributed by atoms with Crippen molar-refractivity contribution in [2.24, 2.45) is 5.92 Å². The minimum Gasteiger partial charge on any atom is -0.459 e. The van der Waals surface area contributed by atoms with Crippen molar-refractivity contribution in [1.29, 1.82) is 0 Å². The van der Waals surface area contributed by atoms with E-state index in [4.69, 9.17) is 18.9 Å². The zero-order valence-corrected chi connectivity index (χ0v) is 17.4. The monoisotopic (exact) mass is 392 g/mol. The van der Waals surface area contributed by atoms with Crippen LogP contribution in [-0.2, 0) is 28.5 Å². The van der Waals surface area contributed by atoms with Crippen LogP contribution in [0.25, 0.3) is 0 Å². The molecule has 4 heterocycles. The summed E-state index contributed by atoms with van der Waals surface area (Å²) in [5, 5.41) is 0. The summed E-state index contributed by atoms with van der Waals surface area (Å²) in [6, 6.07) is 0. The van der Waals surface area contributed by atoms with Gasteiger partial charge in [0.2, 0.25) is 0 Å². The van der Waals surface area contributed by atoms with Gasteiger partial charge in [-0.15, -0.1) is 0 Å². The number of carbonyl (C=O) groups is 2. The minimum atomic E-state index is -0.699. The van der Waals surface area contributed by atoms with E-state index in [-0.39, 0.29) is 41.8 Å². The second kappa shape index (κ2) is 6.56.